The Morgan fingerprint density at radius 1 is 1.29 bits per heavy atom. The van der Waals surface area contributed by atoms with Crippen LogP contribution in [0.2, 0.25) is 0 Å². The van der Waals surface area contributed by atoms with Gasteiger partial charge in [0.1, 0.15) is 0 Å². The lowest BCUT2D eigenvalue weighted by molar-refractivity contribution is -0.0739. The molecule has 1 unspecified atom stereocenters. The SMILES string of the molecule is Cc1nn(C2CC(C)(C)OC2(C)C)c(C)c1I. The highest BCUT2D eigenvalue weighted by molar-refractivity contribution is 14.1. The van der Waals surface area contributed by atoms with Crippen molar-refractivity contribution < 1.29 is 4.74 Å². The molecule has 0 amide bonds. The Labute approximate surface area is 117 Å². The molecule has 0 spiro atoms. The van der Waals surface area contributed by atoms with Crippen LogP contribution >= 0.6 is 22.6 Å². The predicted molar refractivity (Wildman–Crippen MR) is 77.3 cm³/mol. The van der Waals surface area contributed by atoms with Gasteiger partial charge in [-0.15, -0.1) is 0 Å². The van der Waals surface area contributed by atoms with Gasteiger partial charge in [-0.3, -0.25) is 4.68 Å². The molecule has 0 aromatic carbocycles. The first kappa shape index (κ1) is 13.3. The smallest absolute Gasteiger partial charge is 0.0858 e. The Balaban J connectivity index is 2.44. The zero-order valence-corrected chi connectivity index (χ0v) is 13.6. The maximum Gasteiger partial charge on any atom is 0.0858 e. The monoisotopic (exact) mass is 348 g/mol. The van der Waals surface area contributed by atoms with Gasteiger partial charge in [-0.05, 0) is 64.1 Å². The van der Waals surface area contributed by atoms with Crippen molar-refractivity contribution in [1.82, 2.24) is 9.78 Å². The first-order valence-corrected chi connectivity index (χ1v) is 7.13. The van der Waals surface area contributed by atoms with Crippen molar-refractivity contribution in [1.29, 1.82) is 0 Å². The quantitative estimate of drug-likeness (QED) is 0.725. The van der Waals surface area contributed by atoms with Crippen molar-refractivity contribution in [3.8, 4) is 0 Å². The second-order valence-corrected chi connectivity index (χ2v) is 7.19. The van der Waals surface area contributed by atoms with Crippen LogP contribution in [0.4, 0.5) is 0 Å². The number of nitrogens with zero attached hydrogens (tertiary/aromatic N) is 2. The fourth-order valence-electron chi connectivity index (χ4n) is 2.86. The average Bonchev–Trinajstić information content (AvgIpc) is 2.53. The Kier molecular flexibility index (Phi) is 3.10. The summed E-state index contributed by atoms with van der Waals surface area (Å²) < 4.78 is 9.57. The summed E-state index contributed by atoms with van der Waals surface area (Å²) in [4.78, 5) is 0. The van der Waals surface area contributed by atoms with Gasteiger partial charge in [0.25, 0.3) is 0 Å². The maximum absolute atomic E-state index is 6.14. The number of hydrogen-bond donors (Lipinski definition) is 0. The summed E-state index contributed by atoms with van der Waals surface area (Å²) in [5, 5.41) is 4.68. The van der Waals surface area contributed by atoms with E-state index in [0.717, 1.165) is 12.1 Å². The molecular formula is C13H21IN2O. The fourth-order valence-corrected chi connectivity index (χ4v) is 3.22. The minimum atomic E-state index is -0.157. The Morgan fingerprint density at radius 3 is 2.24 bits per heavy atom. The molecule has 4 heteroatoms. The number of ether oxygens (including phenoxy) is 1. The summed E-state index contributed by atoms with van der Waals surface area (Å²) in [6, 6.07) is 0.319. The van der Waals surface area contributed by atoms with Crippen LogP contribution in [0.3, 0.4) is 0 Å². The highest BCUT2D eigenvalue weighted by Crippen LogP contribution is 2.45. The van der Waals surface area contributed by atoms with E-state index < -0.39 is 0 Å². The van der Waals surface area contributed by atoms with E-state index in [1.54, 1.807) is 0 Å². The van der Waals surface area contributed by atoms with Gasteiger partial charge < -0.3 is 4.74 Å². The number of hydrogen-bond acceptors (Lipinski definition) is 2. The lowest BCUT2D eigenvalue weighted by Gasteiger charge is -2.28. The molecule has 17 heavy (non-hydrogen) atoms. The van der Waals surface area contributed by atoms with E-state index in [2.05, 4.69) is 73.9 Å². The highest BCUT2D eigenvalue weighted by Gasteiger charge is 2.47. The van der Waals surface area contributed by atoms with Crippen LogP contribution in [0.1, 0.15) is 51.5 Å². The molecule has 0 saturated carbocycles. The van der Waals surface area contributed by atoms with Gasteiger partial charge in [0.2, 0.25) is 0 Å². The molecule has 2 heterocycles. The summed E-state index contributed by atoms with van der Waals surface area (Å²) >= 11 is 2.37. The summed E-state index contributed by atoms with van der Waals surface area (Å²) in [5.41, 5.74) is 2.15. The summed E-state index contributed by atoms with van der Waals surface area (Å²) in [5.74, 6) is 0. The zero-order valence-electron chi connectivity index (χ0n) is 11.5. The van der Waals surface area contributed by atoms with Gasteiger partial charge in [-0.2, -0.15) is 5.10 Å². The summed E-state index contributed by atoms with van der Waals surface area (Å²) in [6.07, 6.45) is 1.01. The molecule has 1 aromatic heterocycles. The second-order valence-electron chi connectivity index (χ2n) is 6.11. The molecule has 1 saturated heterocycles. The highest BCUT2D eigenvalue weighted by atomic mass is 127. The van der Waals surface area contributed by atoms with E-state index in [0.29, 0.717) is 6.04 Å². The van der Waals surface area contributed by atoms with Crippen molar-refractivity contribution in [3.63, 3.8) is 0 Å². The third-order valence-electron chi connectivity index (χ3n) is 3.56. The van der Waals surface area contributed by atoms with Crippen LogP contribution in [0.25, 0.3) is 0 Å². The van der Waals surface area contributed by atoms with Gasteiger partial charge in [-0.1, -0.05) is 0 Å². The lowest BCUT2D eigenvalue weighted by Crippen LogP contribution is -2.32. The fraction of sp³-hybridized carbons (Fsp3) is 0.769. The van der Waals surface area contributed by atoms with Gasteiger partial charge >= 0.3 is 0 Å². The Hall–Kier alpha value is -0.100. The van der Waals surface area contributed by atoms with Crippen LogP contribution in [-0.4, -0.2) is 21.0 Å². The third-order valence-corrected chi connectivity index (χ3v) is 5.12. The molecule has 96 valence electrons. The summed E-state index contributed by atoms with van der Waals surface area (Å²) in [7, 11) is 0. The zero-order chi connectivity index (χ0) is 13.0. The average molecular weight is 348 g/mol. The van der Waals surface area contributed by atoms with Gasteiger partial charge in [0, 0.05) is 12.1 Å². The van der Waals surface area contributed by atoms with Crippen LogP contribution < -0.4 is 0 Å². The first-order chi connectivity index (χ1) is 7.64. The van der Waals surface area contributed by atoms with E-state index in [-0.39, 0.29) is 11.2 Å². The van der Waals surface area contributed by atoms with Crippen LogP contribution in [0.15, 0.2) is 0 Å². The Morgan fingerprint density at radius 2 is 1.88 bits per heavy atom. The van der Waals surface area contributed by atoms with Crippen molar-refractivity contribution in [2.45, 2.75) is 65.2 Å². The minimum absolute atomic E-state index is 0.0636. The normalized spacial score (nSPS) is 26.4. The van der Waals surface area contributed by atoms with Crippen molar-refractivity contribution >= 4 is 22.6 Å². The van der Waals surface area contributed by atoms with Crippen LogP contribution in [0, 0.1) is 17.4 Å². The second kappa shape index (κ2) is 3.95. The molecular weight excluding hydrogens is 327 g/mol. The third kappa shape index (κ3) is 2.26. The van der Waals surface area contributed by atoms with E-state index in [1.807, 2.05) is 0 Å². The number of aryl methyl sites for hydroxylation is 1. The van der Waals surface area contributed by atoms with Crippen molar-refractivity contribution in [2.75, 3.05) is 0 Å². The van der Waals surface area contributed by atoms with Crippen LogP contribution in [0.5, 0.6) is 0 Å². The van der Waals surface area contributed by atoms with E-state index >= 15 is 0 Å². The van der Waals surface area contributed by atoms with Crippen molar-refractivity contribution in [2.24, 2.45) is 0 Å². The van der Waals surface area contributed by atoms with E-state index in [9.17, 15) is 0 Å². The lowest BCUT2D eigenvalue weighted by atomic mass is 9.94. The minimum Gasteiger partial charge on any atom is -0.367 e. The van der Waals surface area contributed by atoms with E-state index in [1.165, 1.54) is 9.26 Å². The number of halogens is 1. The molecule has 2 rings (SSSR count). The van der Waals surface area contributed by atoms with E-state index in [4.69, 9.17) is 4.74 Å². The first-order valence-electron chi connectivity index (χ1n) is 6.05. The van der Waals surface area contributed by atoms with Gasteiger partial charge in [0.15, 0.2) is 0 Å². The predicted octanol–water partition coefficient (Wildman–Crippen LogP) is 3.62. The van der Waals surface area contributed by atoms with Gasteiger partial charge in [-0.25, -0.2) is 0 Å². The molecule has 1 aliphatic rings. The molecule has 1 aromatic rings. The Bertz CT molecular complexity index is 449. The summed E-state index contributed by atoms with van der Waals surface area (Å²) in [6.45, 7) is 12.9. The number of aromatic nitrogens is 2. The molecule has 0 aliphatic carbocycles. The topological polar surface area (TPSA) is 27.1 Å². The molecule has 3 nitrogen and oxygen atoms in total. The molecule has 0 bridgehead atoms. The van der Waals surface area contributed by atoms with Crippen LogP contribution in [-0.2, 0) is 4.74 Å². The molecule has 0 radical (unpaired) electrons. The standard InChI is InChI=1S/C13H21IN2O/c1-8-11(14)9(2)16(15-8)10-7-12(3,4)17-13(10,5)6/h10H,7H2,1-6H3. The maximum atomic E-state index is 6.14. The van der Waals surface area contributed by atoms with Gasteiger partial charge in [0.05, 0.1) is 26.5 Å². The number of rotatable bonds is 1. The molecule has 0 N–H and O–H groups in total. The molecule has 1 aliphatic heterocycles. The molecule has 1 atom stereocenters. The largest absolute Gasteiger partial charge is 0.367 e. The molecule has 1 fully saturated rings. The van der Waals surface area contributed by atoms with Crippen molar-refractivity contribution in [3.05, 3.63) is 15.0 Å².